The highest BCUT2D eigenvalue weighted by molar-refractivity contribution is 5.58. The quantitative estimate of drug-likeness (QED) is 0.400. The monoisotopic (exact) mass is 116 g/mol. The maximum absolute atomic E-state index is 10.3. The Morgan fingerprint density at radius 3 is 2.25 bits per heavy atom. The van der Waals surface area contributed by atoms with Gasteiger partial charge in [-0.15, -0.1) is 0 Å². The number of likely N-dealkylation sites (N-methyl/N-ethyl adjacent to an activating group) is 1. The van der Waals surface area contributed by atoms with Crippen molar-refractivity contribution < 1.29 is 14.4 Å². The van der Waals surface area contributed by atoms with Crippen LogP contribution in [0.15, 0.2) is 0 Å². The van der Waals surface area contributed by atoms with Gasteiger partial charge >= 0.3 is 6.09 Å². The highest BCUT2D eigenvalue weighted by atomic mass is 16.4. The number of amides is 1. The molecule has 0 unspecified atom stereocenters. The van der Waals surface area contributed by atoms with Gasteiger partial charge in [0.25, 0.3) is 0 Å². The number of quaternary nitrogens is 1. The van der Waals surface area contributed by atoms with Crippen LogP contribution >= 0.6 is 0 Å². The fraction of sp³-hybridized carbons (Fsp3) is 0.800. The predicted molar refractivity (Wildman–Crippen MR) is 28.6 cm³/mol. The first-order valence-electron chi connectivity index (χ1n) is 2.81. The molecule has 0 aromatic rings. The van der Waals surface area contributed by atoms with E-state index in [1.807, 2.05) is 6.92 Å². The Labute approximate surface area is 48.1 Å². The number of carbonyl (C=O) groups is 1. The van der Waals surface area contributed by atoms with Gasteiger partial charge in [-0.3, -0.25) is 0 Å². The summed E-state index contributed by atoms with van der Waals surface area (Å²) in [6, 6.07) is 0. The molecule has 0 atom stereocenters. The third-order valence-electron chi connectivity index (χ3n) is 1.77. The lowest BCUT2D eigenvalue weighted by atomic mass is 10.6. The first kappa shape index (κ1) is 5.56. The number of nitrogens with zero attached hydrogens (tertiary/aromatic N) is 1. The van der Waals surface area contributed by atoms with Gasteiger partial charge in [-0.2, -0.15) is 4.79 Å². The summed E-state index contributed by atoms with van der Waals surface area (Å²) in [6.45, 7) is 4.29. The average Bonchev–Trinajstić information content (AvgIpc) is 2.44. The van der Waals surface area contributed by atoms with Crippen molar-refractivity contribution in [3.8, 4) is 0 Å². The molecule has 1 saturated heterocycles. The van der Waals surface area contributed by atoms with E-state index >= 15 is 0 Å². The molecule has 0 saturated carbocycles. The Balaban J connectivity index is 2.53. The SMILES string of the molecule is CC[N+]1(C(=O)O)CC1. The lowest BCUT2D eigenvalue weighted by molar-refractivity contribution is -0.719. The molecule has 1 N–H and O–H groups in total. The van der Waals surface area contributed by atoms with E-state index in [0.29, 0.717) is 4.48 Å². The number of hydrogen-bond donors (Lipinski definition) is 1. The maximum Gasteiger partial charge on any atom is 0.513 e. The summed E-state index contributed by atoms with van der Waals surface area (Å²) < 4.78 is 0.292. The van der Waals surface area contributed by atoms with Crippen molar-refractivity contribution in [2.45, 2.75) is 6.92 Å². The van der Waals surface area contributed by atoms with E-state index in [4.69, 9.17) is 5.11 Å². The second-order valence-corrected chi connectivity index (χ2v) is 2.19. The zero-order valence-corrected chi connectivity index (χ0v) is 4.92. The minimum absolute atomic E-state index is 0.292. The van der Waals surface area contributed by atoms with E-state index in [0.717, 1.165) is 19.6 Å². The molecule has 1 amide bonds. The number of hydrogen-bond acceptors (Lipinski definition) is 1. The van der Waals surface area contributed by atoms with Gasteiger partial charge in [-0.25, -0.2) is 4.48 Å². The fourth-order valence-corrected chi connectivity index (χ4v) is 0.763. The van der Waals surface area contributed by atoms with E-state index in [-0.39, 0.29) is 0 Å². The molecule has 0 bridgehead atoms. The smallest absolute Gasteiger partial charge is 0.435 e. The minimum atomic E-state index is -0.674. The summed E-state index contributed by atoms with van der Waals surface area (Å²) in [6.07, 6.45) is -0.674. The first-order chi connectivity index (χ1) is 3.71. The van der Waals surface area contributed by atoms with Crippen LogP contribution in [0, 0.1) is 0 Å². The molecule has 1 rings (SSSR count). The summed E-state index contributed by atoms with van der Waals surface area (Å²) in [5, 5.41) is 8.48. The molecule has 0 aromatic heterocycles. The molecule has 1 fully saturated rings. The largest absolute Gasteiger partial charge is 0.513 e. The fourth-order valence-electron chi connectivity index (χ4n) is 0.763. The summed E-state index contributed by atoms with van der Waals surface area (Å²) in [4.78, 5) is 10.3. The second-order valence-electron chi connectivity index (χ2n) is 2.19. The average molecular weight is 116 g/mol. The van der Waals surface area contributed by atoms with Crippen molar-refractivity contribution in [2.75, 3.05) is 19.6 Å². The highest BCUT2D eigenvalue weighted by Crippen LogP contribution is 2.19. The van der Waals surface area contributed by atoms with Crippen LogP contribution in [0.25, 0.3) is 0 Å². The third kappa shape index (κ3) is 0.591. The zero-order chi connectivity index (χ0) is 6.20. The molecule has 1 heterocycles. The Bertz CT molecular complexity index is 118. The van der Waals surface area contributed by atoms with Crippen LogP contribution in [0.5, 0.6) is 0 Å². The third-order valence-corrected chi connectivity index (χ3v) is 1.77. The van der Waals surface area contributed by atoms with Crippen molar-refractivity contribution in [2.24, 2.45) is 0 Å². The lowest BCUT2D eigenvalue weighted by Gasteiger charge is -2.05. The second kappa shape index (κ2) is 1.45. The van der Waals surface area contributed by atoms with E-state index in [2.05, 4.69) is 0 Å². The molecule has 1 aliphatic heterocycles. The molecular formula is C5H10NO2+. The maximum atomic E-state index is 10.3. The topological polar surface area (TPSA) is 37.3 Å². The normalized spacial score (nSPS) is 22.6. The van der Waals surface area contributed by atoms with Crippen molar-refractivity contribution in [3.05, 3.63) is 0 Å². The molecule has 3 nitrogen and oxygen atoms in total. The van der Waals surface area contributed by atoms with E-state index in [9.17, 15) is 4.79 Å². The van der Waals surface area contributed by atoms with Crippen molar-refractivity contribution >= 4 is 6.09 Å². The molecule has 3 heteroatoms. The van der Waals surface area contributed by atoms with Gasteiger partial charge in [0.2, 0.25) is 0 Å². The van der Waals surface area contributed by atoms with Gasteiger partial charge < -0.3 is 5.11 Å². The predicted octanol–water partition coefficient (Wildman–Crippen LogP) is 0.515. The van der Waals surface area contributed by atoms with Crippen LogP contribution in [0.4, 0.5) is 4.79 Å². The molecule has 0 spiro atoms. The van der Waals surface area contributed by atoms with Crippen LogP contribution in [-0.4, -0.2) is 35.3 Å². The van der Waals surface area contributed by atoms with Crippen LogP contribution < -0.4 is 0 Å². The highest BCUT2D eigenvalue weighted by Gasteiger charge is 2.48. The molecule has 0 aliphatic carbocycles. The van der Waals surface area contributed by atoms with E-state index < -0.39 is 6.09 Å². The van der Waals surface area contributed by atoms with Crippen molar-refractivity contribution in [3.63, 3.8) is 0 Å². The van der Waals surface area contributed by atoms with E-state index in [1.165, 1.54) is 0 Å². The van der Waals surface area contributed by atoms with Gasteiger partial charge in [-0.1, -0.05) is 0 Å². The Kier molecular flexibility index (Phi) is 1.01. The lowest BCUT2D eigenvalue weighted by Crippen LogP contribution is -2.31. The van der Waals surface area contributed by atoms with Gasteiger partial charge in [0.05, 0.1) is 6.54 Å². The van der Waals surface area contributed by atoms with Crippen LogP contribution in [0.3, 0.4) is 0 Å². The summed E-state index contributed by atoms with van der Waals surface area (Å²) >= 11 is 0. The first-order valence-corrected chi connectivity index (χ1v) is 2.81. The Morgan fingerprint density at radius 1 is 1.75 bits per heavy atom. The van der Waals surface area contributed by atoms with Gasteiger partial charge in [-0.05, 0) is 6.92 Å². The molecule has 0 aromatic carbocycles. The van der Waals surface area contributed by atoms with Crippen LogP contribution in [0.1, 0.15) is 6.92 Å². The molecular weight excluding hydrogens is 106 g/mol. The summed E-state index contributed by atoms with van der Waals surface area (Å²) in [5.74, 6) is 0. The number of carboxylic acid groups (broad SMARTS) is 1. The van der Waals surface area contributed by atoms with Crippen LogP contribution in [0.2, 0.25) is 0 Å². The number of rotatable bonds is 1. The molecule has 0 radical (unpaired) electrons. The molecule has 1 aliphatic rings. The van der Waals surface area contributed by atoms with Crippen LogP contribution in [-0.2, 0) is 0 Å². The van der Waals surface area contributed by atoms with Crippen molar-refractivity contribution in [1.82, 2.24) is 0 Å². The van der Waals surface area contributed by atoms with Crippen molar-refractivity contribution in [1.29, 1.82) is 0 Å². The zero-order valence-electron chi connectivity index (χ0n) is 4.92. The van der Waals surface area contributed by atoms with E-state index in [1.54, 1.807) is 0 Å². The molecule has 8 heavy (non-hydrogen) atoms. The standard InChI is InChI=1S/C5H9NO2/c1-2-6(3-4-6)5(7)8/h2-4H2,1H3/p+1. The Morgan fingerprint density at radius 2 is 2.25 bits per heavy atom. The minimum Gasteiger partial charge on any atom is -0.435 e. The van der Waals surface area contributed by atoms with Gasteiger partial charge in [0, 0.05) is 0 Å². The summed E-state index contributed by atoms with van der Waals surface area (Å²) in [5.41, 5.74) is 0. The van der Waals surface area contributed by atoms with Gasteiger partial charge in [0.15, 0.2) is 0 Å². The molecule has 46 valence electrons. The Hall–Kier alpha value is -0.570. The van der Waals surface area contributed by atoms with Gasteiger partial charge in [0.1, 0.15) is 13.1 Å². The summed E-state index contributed by atoms with van der Waals surface area (Å²) in [7, 11) is 0.